The second kappa shape index (κ2) is 4.77. The molecule has 1 aromatic rings. The predicted octanol–water partition coefficient (Wildman–Crippen LogP) is -1.37. The number of aromatic nitrogens is 2. The van der Waals surface area contributed by atoms with Crippen LogP contribution in [0.25, 0.3) is 0 Å². The lowest BCUT2D eigenvalue weighted by atomic mass is 10.1. The van der Waals surface area contributed by atoms with E-state index in [2.05, 4.69) is 10.4 Å². The van der Waals surface area contributed by atoms with E-state index >= 15 is 0 Å². The lowest BCUT2D eigenvalue weighted by Crippen LogP contribution is -2.58. The van der Waals surface area contributed by atoms with Gasteiger partial charge in [0.25, 0.3) is 5.91 Å². The van der Waals surface area contributed by atoms with Gasteiger partial charge in [-0.25, -0.2) is 0 Å². The van der Waals surface area contributed by atoms with E-state index in [9.17, 15) is 9.59 Å². The van der Waals surface area contributed by atoms with E-state index in [-0.39, 0.29) is 5.91 Å². The summed E-state index contributed by atoms with van der Waals surface area (Å²) in [5, 5.41) is 7.10. The zero-order valence-electron chi connectivity index (χ0n) is 10.5. The molecule has 0 aliphatic carbocycles. The lowest BCUT2D eigenvalue weighted by Gasteiger charge is -2.34. The number of nitrogens with one attached hydrogen (secondary N) is 1. The van der Waals surface area contributed by atoms with Crippen LogP contribution in [0.4, 0.5) is 0 Å². The number of primary amides is 1. The number of amides is 2. The number of hydrogen-bond acceptors (Lipinski definition) is 4. The van der Waals surface area contributed by atoms with Crippen LogP contribution < -0.4 is 11.1 Å². The van der Waals surface area contributed by atoms with E-state index in [0.717, 1.165) is 5.69 Å². The maximum atomic E-state index is 12.4. The maximum Gasteiger partial charge on any atom is 0.258 e. The molecule has 1 aliphatic heterocycles. The molecule has 7 nitrogen and oxygen atoms in total. The van der Waals surface area contributed by atoms with Crippen LogP contribution in [0.1, 0.15) is 16.1 Å². The molecule has 1 aliphatic rings. The second-order valence-corrected chi connectivity index (χ2v) is 4.39. The molecule has 98 valence electrons. The molecule has 1 aromatic heterocycles. The number of carbonyl (C=O) groups is 2. The van der Waals surface area contributed by atoms with E-state index in [1.807, 2.05) is 6.92 Å². The molecule has 0 radical (unpaired) electrons. The van der Waals surface area contributed by atoms with Crippen LogP contribution in [0.5, 0.6) is 0 Å². The third-order valence-corrected chi connectivity index (χ3v) is 3.30. The Morgan fingerprint density at radius 2 is 2.28 bits per heavy atom. The third-order valence-electron chi connectivity index (χ3n) is 3.30. The minimum absolute atomic E-state index is 0.189. The van der Waals surface area contributed by atoms with E-state index in [0.29, 0.717) is 25.2 Å². The van der Waals surface area contributed by atoms with E-state index in [1.54, 1.807) is 11.7 Å². The highest BCUT2D eigenvalue weighted by molar-refractivity contribution is 5.98. The number of carbonyl (C=O) groups excluding carboxylic acids is 2. The van der Waals surface area contributed by atoms with Gasteiger partial charge in [0.2, 0.25) is 5.91 Å². The van der Waals surface area contributed by atoms with Crippen molar-refractivity contribution in [2.24, 2.45) is 12.8 Å². The summed E-state index contributed by atoms with van der Waals surface area (Å²) in [6.45, 7) is 3.36. The molecule has 1 saturated heterocycles. The molecule has 2 amide bonds. The smallest absolute Gasteiger partial charge is 0.258 e. The summed E-state index contributed by atoms with van der Waals surface area (Å²) in [5.74, 6) is -0.678. The van der Waals surface area contributed by atoms with Crippen molar-refractivity contribution < 1.29 is 9.59 Å². The van der Waals surface area contributed by atoms with Crippen LogP contribution >= 0.6 is 0 Å². The number of nitrogens with zero attached hydrogens (tertiary/aromatic N) is 3. The number of aryl methyl sites for hydroxylation is 1. The standard InChI is InChI=1S/C11H17N5O2/c1-7-8(5-14-15(7)2)11(18)16-4-3-13-6-9(16)10(12)17/h5,9,13H,3-4,6H2,1-2H3,(H2,12,17). The molecule has 3 N–H and O–H groups in total. The molecular formula is C11H17N5O2. The van der Waals surface area contributed by atoms with Gasteiger partial charge in [-0.2, -0.15) is 5.10 Å². The van der Waals surface area contributed by atoms with Gasteiger partial charge < -0.3 is 16.0 Å². The van der Waals surface area contributed by atoms with Crippen molar-refractivity contribution in [1.29, 1.82) is 0 Å². The van der Waals surface area contributed by atoms with Crippen LogP contribution in [-0.4, -0.2) is 52.2 Å². The van der Waals surface area contributed by atoms with Crippen molar-refractivity contribution in [2.75, 3.05) is 19.6 Å². The molecule has 2 rings (SSSR count). The number of nitrogens with two attached hydrogens (primary N) is 1. The molecule has 7 heteroatoms. The average Bonchev–Trinajstić information content (AvgIpc) is 2.69. The number of hydrogen-bond donors (Lipinski definition) is 2. The van der Waals surface area contributed by atoms with Crippen LogP contribution in [0, 0.1) is 6.92 Å². The van der Waals surface area contributed by atoms with Gasteiger partial charge in [0, 0.05) is 32.4 Å². The summed E-state index contributed by atoms with van der Waals surface area (Å²) in [4.78, 5) is 25.3. The van der Waals surface area contributed by atoms with Crippen LogP contribution in [-0.2, 0) is 11.8 Å². The maximum absolute atomic E-state index is 12.4. The molecule has 0 saturated carbocycles. The van der Waals surface area contributed by atoms with Crippen molar-refractivity contribution in [2.45, 2.75) is 13.0 Å². The van der Waals surface area contributed by atoms with Gasteiger partial charge in [-0.15, -0.1) is 0 Å². The summed E-state index contributed by atoms with van der Waals surface area (Å²) in [5.41, 5.74) is 6.62. The highest BCUT2D eigenvalue weighted by Crippen LogP contribution is 2.13. The Balaban J connectivity index is 2.26. The molecule has 0 aromatic carbocycles. The fraction of sp³-hybridized carbons (Fsp3) is 0.545. The summed E-state index contributed by atoms with van der Waals surface area (Å²) < 4.78 is 1.63. The van der Waals surface area contributed by atoms with Crippen molar-refractivity contribution >= 4 is 11.8 Å². The Morgan fingerprint density at radius 3 is 2.83 bits per heavy atom. The first kappa shape index (κ1) is 12.6. The Morgan fingerprint density at radius 1 is 1.56 bits per heavy atom. The van der Waals surface area contributed by atoms with E-state index in [4.69, 9.17) is 5.73 Å². The second-order valence-electron chi connectivity index (χ2n) is 4.39. The zero-order chi connectivity index (χ0) is 13.3. The summed E-state index contributed by atoms with van der Waals surface area (Å²) in [7, 11) is 1.77. The van der Waals surface area contributed by atoms with Crippen molar-refractivity contribution in [3.05, 3.63) is 17.5 Å². The molecule has 1 unspecified atom stereocenters. The molecule has 0 bridgehead atoms. The Bertz CT molecular complexity index is 482. The normalized spacial score (nSPS) is 19.9. The summed E-state index contributed by atoms with van der Waals surface area (Å²) in [6, 6.07) is -0.592. The van der Waals surface area contributed by atoms with Gasteiger partial charge in [-0.1, -0.05) is 0 Å². The van der Waals surface area contributed by atoms with Gasteiger partial charge in [-0.3, -0.25) is 14.3 Å². The largest absolute Gasteiger partial charge is 0.368 e. The minimum atomic E-state index is -0.592. The van der Waals surface area contributed by atoms with E-state index in [1.165, 1.54) is 11.1 Å². The topological polar surface area (TPSA) is 93.2 Å². The van der Waals surface area contributed by atoms with Crippen LogP contribution in [0.15, 0.2) is 6.20 Å². The fourth-order valence-electron chi connectivity index (χ4n) is 2.06. The Hall–Kier alpha value is -1.89. The van der Waals surface area contributed by atoms with Crippen molar-refractivity contribution in [3.63, 3.8) is 0 Å². The minimum Gasteiger partial charge on any atom is -0.368 e. The van der Waals surface area contributed by atoms with Gasteiger partial charge in [0.1, 0.15) is 6.04 Å². The first-order valence-corrected chi connectivity index (χ1v) is 5.82. The van der Waals surface area contributed by atoms with Gasteiger partial charge in [-0.05, 0) is 6.92 Å². The molecule has 1 fully saturated rings. The first-order valence-electron chi connectivity index (χ1n) is 5.82. The highest BCUT2D eigenvalue weighted by Gasteiger charge is 2.32. The van der Waals surface area contributed by atoms with E-state index < -0.39 is 11.9 Å². The number of rotatable bonds is 2. The Kier molecular flexibility index (Phi) is 3.33. The SMILES string of the molecule is Cc1c(C(=O)N2CCNCC2C(N)=O)cnn1C. The summed E-state index contributed by atoms with van der Waals surface area (Å²) >= 11 is 0. The quantitative estimate of drug-likeness (QED) is 0.678. The molecule has 2 heterocycles. The lowest BCUT2D eigenvalue weighted by molar-refractivity contribution is -0.122. The third kappa shape index (κ3) is 2.08. The fourth-order valence-corrected chi connectivity index (χ4v) is 2.06. The highest BCUT2D eigenvalue weighted by atomic mass is 16.2. The Labute approximate surface area is 105 Å². The van der Waals surface area contributed by atoms with Gasteiger partial charge in [0.15, 0.2) is 0 Å². The molecular weight excluding hydrogens is 234 g/mol. The summed E-state index contributed by atoms with van der Waals surface area (Å²) in [6.07, 6.45) is 1.53. The molecule has 1 atom stereocenters. The van der Waals surface area contributed by atoms with Gasteiger partial charge >= 0.3 is 0 Å². The number of piperazine rings is 1. The van der Waals surface area contributed by atoms with Crippen LogP contribution in [0.2, 0.25) is 0 Å². The first-order chi connectivity index (χ1) is 8.52. The van der Waals surface area contributed by atoms with Gasteiger partial charge in [0.05, 0.1) is 11.8 Å². The molecule has 0 spiro atoms. The monoisotopic (exact) mass is 251 g/mol. The average molecular weight is 251 g/mol. The molecule has 18 heavy (non-hydrogen) atoms. The van der Waals surface area contributed by atoms with Crippen molar-refractivity contribution in [3.8, 4) is 0 Å². The van der Waals surface area contributed by atoms with Crippen LogP contribution in [0.3, 0.4) is 0 Å². The van der Waals surface area contributed by atoms with Crippen molar-refractivity contribution in [1.82, 2.24) is 20.0 Å². The zero-order valence-corrected chi connectivity index (χ0v) is 10.5. The predicted molar refractivity (Wildman–Crippen MR) is 64.8 cm³/mol.